The minimum atomic E-state index is 0.114. The normalized spacial score (nSPS) is 14.4. The first-order valence-electron chi connectivity index (χ1n) is 6.70. The van der Waals surface area contributed by atoms with Crippen molar-refractivity contribution < 1.29 is 5.11 Å². The van der Waals surface area contributed by atoms with Gasteiger partial charge < -0.3 is 10.4 Å². The highest BCUT2D eigenvalue weighted by atomic mass is 32.2. The summed E-state index contributed by atoms with van der Waals surface area (Å²) in [6.07, 6.45) is 1.20. The van der Waals surface area contributed by atoms with Crippen LogP contribution in [-0.4, -0.2) is 22.7 Å². The molecular formula is C15H25NOS. The summed E-state index contributed by atoms with van der Waals surface area (Å²) in [5.41, 5.74) is 2.23. The Morgan fingerprint density at radius 1 is 1.33 bits per heavy atom. The highest BCUT2D eigenvalue weighted by Crippen LogP contribution is 2.16. The standard InChI is InChI=1S/C15H25NOS/c1-4-18-9-8-12(2)16-13(3)15-7-5-6-14(10-15)11-17/h5-7,10,12-13,16-17H,4,8-9,11H2,1-3H3. The van der Waals surface area contributed by atoms with Crippen LogP contribution < -0.4 is 5.32 Å². The number of nitrogens with one attached hydrogen (secondary N) is 1. The van der Waals surface area contributed by atoms with E-state index in [1.165, 1.54) is 23.5 Å². The van der Waals surface area contributed by atoms with Gasteiger partial charge in [0.1, 0.15) is 0 Å². The van der Waals surface area contributed by atoms with Crippen molar-refractivity contribution in [3.8, 4) is 0 Å². The molecule has 2 unspecified atom stereocenters. The van der Waals surface area contributed by atoms with Crippen LogP contribution in [0.15, 0.2) is 24.3 Å². The number of benzene rings is 1. The lowest BCUT2D eigenvalue weighted by Gasteiger charge is -2.20. The third-order valence-electron chi connectivity index (χ3n) is 3.07. The van der Waals surface area contributed by atoms with Crippen molar-refractivity contribution in [3.63, 3.8) is 0 Å². The minimum absolute atomic E-state index is 0.114. The van der Waals surface area contributed by atoms with E-state index in [-0.39, 0.29) is 6.61 Å². The molecule has 0 bridgehead atoms. The van der Waals surface area contributed by atoms with Crippen LogP contribution in [0.1, 0.15) is 44.4 Å². The summed E-state index contributed by atoms with van der Waals surface area (Å²) in [6.45, 7) is 6.73. The van der Waals surface area contributed by atoms with E-state index in [9.17, 15) is 0 Å². The molecule has 2 N–H and O–H groups in total. The van der Waals surface area contributed by atoms with E-state index in [0.717, 1.165) is 5.56 Å². The molecule has 0 aliphatic carbocycles. The average Bonchev–Trinajstić information content (AvgIpc) is 2.39. The molecule has 0 saturated carbocycles. The van der Waals surface area contributed by atoms with Gasteiger partial charge in [0.05, 0.1) is 6.61 Å². The van der Waals surface area contributed by atoms with Gasteiger partial charge >= 0.3 is 0 Å². The quantitative estimate of drug-likeness (QED) is 0.708. The van der Waals surface area contributed by atoms with Gasteiger partial charge in [-0.3, -0.25) is 0 Å². The van der Waals surface area contributed by atoms with Crippen molar-refractivity contribution in [2.75, 3.05) is 11.5 Å². The fourth-order valence-corrected chi connectivity index (χ4v) is 2.78. The summed E-state index contributed by atoms with van der Waals surface area (Å²) in [4.78, 5) is 0. The molecule has 3 heteroatoms. The topological polar surface area (TPSA) is 32.3 Å². The van der Waals surface area contributed by atoms with E-state index in [4.69, 9.17) is 5.11 Å². The van der Waals surface area contributed by atoms with Crippen molar-refractivity contribution in [3.05, 3.63) is 35.4 Å². The van der Waals surface area contributed by atoms with Crippen LogP contribution in [0.3, 0.4) is 0 Å². The molecule has 102 valence electrons. The fraction of sp³-hybridized carbons (Fsp3) is 0.600. The molecule has 0 aliphatic heterocycles. The maximum atomic E-state index is 9.15. The molecule has 0 fully saturated rings. The minimum Gasteiger partial charge on any atom is -0.392 e. The smallest absolute Gasteiger partial charge is 0.0681 e. The van der Waals surface area contributed by atoms with Crippen LogP contribution in [0, 0.1) is 0 Å². The highest BCUT2D eigenvalue weighted by molar-refractivity contribution is 7.99. The van der Waals surface area contributed by atoms with Crippen LogP contribution in [0.25, 0.3) is 0 Å². The summed E-state index contributed by atoms with van der Waals surface area (Å²) < 4.78 is 0. The molecular weight excluding hydrogens is 242 g/mol. The average molecular weight is 267 g/mol. The van der Waals surface area contributed by atoms with Crippen molar-refractivity contribution in [2.45, 2.75) is 45.9 Å². The first-order valence-corrected chi connectivity index (χ1v) is 7.86. The summed E-state index contributed by atoms with van der Waals surface area (Å²) in [5, 5.41) is 12.8. The lowest BCUT2D eigenvalue weighted by Crippen LogP contribution is -2.29. The fourth-order valence-electron chi connectivity index (χ4n) is 1.97. The Kier molecular flexibility index (Phi) is 7.40. The Labute approximate surface area is 115 Å². The van der Waals surface area contributed by atoms with Gasteiger partial charge in [0, 0.05) is 12.1 Å². The second-order valence-corrected chi connectivity index (χ2v) is 6.07. The van der Waals surface area contributed by atoms with E-state index in [1.54, 1.807) is 0 Å². The van der Waals surface area contributed by atoms with Crippen molar-refractivity contribution >= 4 is 11.8 Å². The number of aliphatic hydroxyl groups is 1. The zero-order chi connectivity index (χ0) is 13.4. The molecule has 2 atom stereocenters. The van der Waals surface area contributed by atoms with E-state index >= 15 is 0 Å². The summed E-state index contributed by atoms with van der Waals surface area (Å²) in [5.74, 6) is 2.41. The maximum absolute atomic E-state index is 9.15. The number of thioether (sulfide) groups is 1. The first kappa shape index (κ1) is 15.5. The van der Waals surface area contributed by atoms with Gasteiger partial charge in [-0.2, -0.15) is 11.8 Å². The third kappa shape index (κ3) is 5.42. The SMILES string of the molecule is CCSCCC(C)NC(C)c1cccc(CO)c1. The largest absolute Gasteiger partial charge is 0.392 e. The lowest BCUT2D eigenvalue weighted by atomic mass is 10.0. The second kappa shape index (κ2) is 8.57. The Hall–Kier alpha value is -0.510. The van der Waals surface area contributed by atoms with Gasteiger partial charge in [-0.1, -0.05) is 31.2 Å². The van der Waals surface area contributed by atoms with Crippen LogP contribution >= 0.6 is 11.8 Å². The van der Waals surface area contributed by atoms with Gasteiger partial charge in [0.25, 0.3) is 0 Å². The Bertz CT molecular complexity index is 343. The van der Waals surface area contributed by atoms with Gasteiger partial charge in [-0.25, -0.2) is 0 Å². The summed E-state index contributed by atoms with van der Waals surface area (Å²) >= 11 is 1.99. The zero-order valence-electron chi connectivity index (χ0n) is 11.6. The predicted octanol–water partition coefficient (Wildman–Crippen LogP) is 3.36. The number of hydrogen-bond acceptors (Lipinski definition) is 3. The van der Waals surface area contributed by atoms with Gasteiger partial charge in [-0.15, -0.1) is 0 Å². The monoisotopic (exact) mass is 267 g/mol. The van der Waals surface area contributed by atoms with E-state index < -0.39 is 0 Å². The molecule has 0 saturated heterocycles. The number of hydrogen-bond donors (Lipinski definition) is 2. The molecule has 1 rings (SSSR count). The van der Waals surface area contributed by atoms with Gasteiger partial charge in [0.2, 0.25) is 0 Å². The predicted molar refractivity (Wildman–Crippen MR) is 81.0 cm³/mol. The molecule has 2 nitrogen and oxygen atoms in total. The maximum Gasteiger partial charge on any atom is 0.0681 e. The molecule has 1 aromatic rings. The molecule has 0 aromatic heterocycles. The third-order valence-corrected chi connectivity index (χ3v) is 4.00. The Morgan fingerprint density at radius 2 is 2.11 bits per heavy atom. The lowest BCUT2D eigenvalue weighted by molar-refractivity contribution is 0.281. The van der Waals surface area contributed by atoms with E-state index in [2.05, 4.69) is 38.2 Å². The summed E-state index contributed by atoms with van der Waals surface area (Å²) in [6, 6.07) is 9.01. The molecule has 0 aliphatic rings. The molecule has 0 amide bonds. The van der Waals surface area contributed by atoms with E-state index in [1.807, 2.05) is 23.9 Å². The van der Waals surface area contributed by atoms with E-state index in [0.29, 0.717) is 12.1 Å². The van der Waals surface area contributed by atoms with Gasteiger partial charge in [-0.05, 0) is 42.9 Å². The van der Waals surface area contributed by atoms with Crippen LogP contribution in [0.4, 0.5) is 0 Å². The van der Waals surface area contributed by atoms with Crippen molar-refractivity contribution in [1.82, 2.24) is 5.32 Å². The van der Waals surface area contributed by atoms with Crippen LogP contribution in [0.2, 0.25) is 0 Å². The molecule has 1 aromatic carbocycles. The van der Waals surface area contributed by atoms with Crippen LogP contribution in [0.5, 0.6) is 0 Å². The molecule has 18 heavy (non-hydrogen) atoms. The zero-order valence-corrected chi connectivity index (χ0v) is 12.5. The van der Waals surface area contributed by atoms with Crippen molar-refractivity contribution in [2.24, 2.45) is 0 Å². The number of aliphatic hydroxyl groups excluding tert-OH is 1. The van der Waals surface area contributed by atoms with Crippen molar-refractivity contribution in [1.29, 1.82) is 0 Å². The van der Waals surface area contributed by atoms with Gasteiger partial charge in [0.15, 0.2) is 0 Å². The summed E-state index contributed by atoms with van der Waals surface area (Å²) in [7, 11) is 0. The molecule has 0 radical (unpaired) electrons. The highest BCUT2D eigenvalue weighted by Gasteiger charge is 2.09. The Morgan fingerprint density at radius 3 is 2.78 bits per heavy atom. The number of rotatable bonds is 8. The Balaban J connectivity index is 2.45. The van der Waals surface area contributed by atoms with Crippen LogP contribution in [-0.2, 0) is 6.61 Å². The molecule has 0 heterocycles. The molecule has 0 spiro atoms. The first-order chi connectivity index (χ1) is 8.67. The second-order valence-electron chi connectivity index (χ2n) is 4.68.